The highest BCUT2D eigenvalue weighted by atomic mass is 16.2. The van der Waals surface area contributed by atoms with Crippen LogP contribution in [0.2, 0.25) is 0 Å². The number of piperidine rings is 1. The second-order valence-electron chi connectivity index (χ2n) is 4.87. The molecule has 0 spiro atoms. The fourth-order valence-corrected chi connectivity index (χ4v) is 2.60. The largest absolute Gasteiger partial charge is 0.352 e. The Morgan fingerprint density at radius 1 is 1.38 bits per heavy atom. The molecule has 2 rings (SSSR count). The molecule has 0 radical (unpaired) electrons. The van der Waals surface area contributed by atoms with E-state index in [1.807, 2.05) is 0 Å². The van der Waals surface area contributed by atoms with Gasteiger partial charge in [-0.3, -0.25) is 4.79 Å². The van der Waals surface area contributed by atoms with E-state index in [1.165, 1.54) is 0 Å². The van der Waals surface area contributed by atoms with Gasteiger partial charge in [0.15, 0.2) is 0 Å². The fraction of sp³-hybridized carbons (Fsp3) is 0.917. The van der Waals surface area contributed by atoms with Crippen LogP contribution in [-0.4, -0.2) is 49.1 Å². The van der Waals surface area contributed by atoms with Crippen molar-refractivity contribution in [2.24, 2.45) is 0 Å². The minimum Gasteiger partial charge on any atom is -0.352 e. The number of rotatable bonds is 3. The van der Waals surface area contributed by atoms with Gasteiger partial charge < -0.3 is 15.5 Å². The van der Waals surface area contributed by atoms with E-state index < -0.39 is 0 Å². The zero-order valence-electron chi connectivity index (χ0n) is 10.2. The van der Waals surface area contributed by atoms with Crippen LogP contribution in [0.5, 0.6) is 0 Å². The first-order valence-electron chi connectivity index (χ1n) is 6.55. The van der Waals surface area contributed by atoms with Gasteiger partial charge in [-0.1, -0.05) is 6.92 Å². The maximum atomic E-state index is 11.9. The molecule has 1 atom stereocenters. The molecule has 2 saturated heterocycles. The summed E-state index contributed by atoms with van der Waals surface area (Å²) < 4.78 is 0. The highest BCUT2D eigenvalue weighted by molar-refractivity contribution is 5.82. The first-order chi connectivity index (χ1) is 7.79. The third-order valence-electron chi connectivity index (χ3n) is 3.76. The van der Waals surface area contributed by atoms with Gasteiger partial charge in [0.2, 0.25) is 5.91 Å². The van der Waals surface area contributed by atoms with Crippen molar-refractivity contribution >= 4 is 5.91 Å². The van der Waals surface area contributed by atoms with E-state index in [0.717, 1.165) is 51.9 Å². The van der Waals surface area contributed by atoms with Crippen LogP contribution >= 0.6 is 0 Å². The van der Waals surface area contributed by atoms with Gasteiger partial charge in [0.05, 0.1) is 6.04 Å². The van der Waals surface area contributed by atoms with Crippen LogP contribution in [0.15, 0.2) is 0 Å². The Labute approximate surface area is 97.8 Å². The average Bonchev–Trinajstić information content (AvgIpc) is 2.83. The molecule has 2 fully saturated rings. The lowest BCUT2D eigenvalue weighted by atomic mass is 10.0. The molecule has 0 saturated carbocycles. The van der Waals surface area contributed by atoms with E-state index in [4.69, 9.17) is 0 Å². The summed E-state index contributed by atoms with van der Waals surface area (Å²) in [6.07, 6.45) is 4.34. The Balaban J connectivity index is 1.71. The van der Waals surface area contributed by atoms with Crippen LogP contribution in [0.3, 0.4) is 0 Å². The number of amides is 1. The quantitative estimate of drug-likeness (QED) is 0.728. The van der Waals surface area contributed by atoms with Gasteiger partial charge in [0, 0.05) is 19.1 Å². The monoisotopic (exact) mass is 225 g/mol. The first kappa shape index (κ1) is 11.9. The van der Waals surface area contributed by atoms with E-state index in [-0.39, 0.29) is 11.9 Å². The van der Waals surface area contributed by atoms with Crippen molar-refractivity contribution in [2.75, 3.05) is 26.2 Å². The second-order valence-corrected chi connectivity index (χ2v) is 4.87. The van der Waals surface area contributed by atoms with Crippen LogP contribution in [-0.2, 0) is 4.79 Å². The van der Waals surface area contributed by atoms with Crippen molar-refractivity contribution in [1.29, 1.82) is 0 Å². The second kappa shape index (κ2) is 5.64. The number of nitrogens with zero attached hydrogens (tertiary/aromatic N) is 1. The van der Waals surface area contributed by atoms with Crippen LogP contribution in [0.25, 0.3) is 0 Å². The molecule has 2 aliphatic rings. The summed E-state index contributed by atoms with van der Waals surface area (Å²) in [5.74, 6) is 0.215. The SMILES string of the molecule is CCN1CCC(NC(=O)[C@@H]2CCCN2)CC1. The zero-order chi connectivity index (χ0) is 11.4. The van der Waals surface area contributed by atoms with Crippen LogP contribution < -0.4 is 10.6 Å². The Kier molecular flexibility index (Phi) is 4.18. The van der Waals surface area contributed by atoms with Crippen molar-refractivity contribution in [3.05, 3.63) is 0 Å². The molecule has 0 bridgehead atoms. The highest BCUT2D eigenvalue weighted by Crippen LogP contribution is 2.11. The molecular weight excluding hydrogens is 202 g/mol. The molecule has 0 aromatic heterocycles. The molecule has 1 amide bonds. The molecule has 0 aromatic carbocycles. The van der Waals surface area contributed by atoms with Gasteiger partial charge in [-0.2, -0.15) is 0 Å². The van der Waals surface area contributed by atoms with Crippen molar-refractivity contribution in [1.82, 2.24) is 15.5 Å². The topological polar surface area (TPSA) is 44.4 Å². The number of likely N-dealkylation sites (tertiary alicyclic amines) is 1. The number of nitrogens with one attached hydrogen (secondary N) is 2. The molecule has 0 aliphatic carbocycles. The van der Waals surface area contributed by atoms with Gasteiger partial charge in [0.25, 0.3) is 0 Å². The standard InChI is InChI=1S/C12H23N3O/c1-2-15-8-5-10(6-9-15)14-12(16)11-4-3-7-13-11/h10-11,13H,2-9H2,1H3,(H,14,16)/t11-/m0/s1. The predicted molar refractivity (Wildman–Crippen MR) is 64.3 cm³/mol. The minimum absolute atomic E-state index is 0.0733. The number of carbonyl (C=O) groups is 1. The van der Waals surface area contributed by atoms with E-state index in [0.29, 0.717) is 6.04 Å². The fourth-order valence-electron chi connectivity index (χ4n) is 2.60. The summed E-state index contributed by atoms with van der Waals surface area (Å²) in [6, 6.07) is 0.474. The predicted octanol–water partition coefficient (Wildman–Crippen LogP) is 0.339. The minimum atomic E-state index is 0.0733. The molecular formula is C12H23N3O. The summed E-state index contributed by atoms with van der Waals surface area (Å²) in [6.45, 7) is 6.57. The Morgan fingerprint density at radius 3 is 2.69 bits per heavy atom. The molecule has 2 heterocycles. The molecule has 4 heteroatoms. The van der Waals surface area contributed by atoms with E-state index >= 15 is 0 Å². The van der Waals surface area contributed by atoms with E-state index in [2.05, 4.69) is 22.5 Å². The zero-order valence-corrected chi connectivity index (χ0v) is 10.2. The first-order valence-corrected chi connectivity index (χ1v) is 6.55. The summed E-state index contributed by atoms with van der Waals surface area (Å²) in [5.41, 5.74) is 0. The highest BCUT2D eigenvalue weighted by Gasteiger charge is 2.25. The van der Waals surface area contributed by atoms with Crippen molar-refractivity contribution < 1.29 is 4.79 Å². The Morgan fingerprint density at radius 2 is 2.12 bits per heavy atom. The lowest BCUT2D eigenvalue weighted by Crippen LogP contribution is -2.49. The smallest absolute Gasteiger partial charge is 0.237 e. The van der Waals surface area contributed by atoms with Gasteiger partial charge >= 0.3 is 0 Å². The van der Waals surface area contributed by atoms with Crippen molar-refractivity contribution in [2.45, 2.75) is 44.7 Å². The molecule has 0 aromatic rings. The molecule has 2 aliphatic heterocycles. The van der Waals surface area contributed by atoms with Crippen molar-refractivity contribution in [3.8, 4) is 0 Å². The van der Waals surface area contributed by atoms with Crippen LogP contribution in [0.4, 0.5) is 0 Å². The third kappa shape index (κ3) is 2.95. The number of hydrogen-bond donors (Lipinski definition) is 2. The van der Waals surface area contributed by atoms with Gasteiger partial charge in [-0.05, 0) is 38.8 Å². The summed E-state index contributed by atoms with van der Waals surface area (Å²) in [4.78, 5) is 14.3. The maximum absolute atomic E-state index is 11.9. The molecule has 2 N–H and O–H groups in total. The Bertz CT molecular complexity index is 230. The molecule has 4 nitrogen and oxygen atoms in total. The summed E-state index contributed by atoms with van der Waals surface area (Å²) in [5, 5.41) is 6.42. The average molecular weight is 225 g/mol. The van der Waals surface area contributed by atoms with Gasteiger partial charge in [0.1, 0.15) is 0 Å². The molecule has 92 valence electrons. The lowest BCUT2D eigenvalue weighted by molar-refractivity contribution is -0.123. The number of carbonyl (C=O) groups excluding carboxylic acids is 1. The molecule has 0 unspecified atom stereocenters. The summed E-state index contributed by atoms with van der Waals surface area (Å²) in [7, 11) is 0. The van der Waals surface area contributed by atoms with Crippen LogP contribution in [0, 0.1) is 0 Å². The van der Waals surface area contributed by atoms with Crippen molar-refractivity contribution in [3.63, 3.8) is 0 Å². The van der Waals surface area contributed by atoms with Gasteiger partial charge in [-0.25, -0.2) is 0 Å². The van der Waals surface area contributed by atoms with Crippen LogP contribution in [0.1, 0.15) is 32.6 Å². The third-order valence-corrected chi connectivity index (χ3v) is 3.76. The Hall–Kier alpha value is -0.610. The molecule has 16 heavy (non-hydrogen) atoms. The summed E-state index contributed by atoms with van der Waals surface area (Å²) >= 11 is 0. The normalized spacial score (nSPS) is 28.2. The maximum Gasteiger partial charge on any atom is 0.237 e. The lowest BCUT2D eigenvalue weighted by Gasteiger charge is -2.32. The van der Waals surface area contributed by atoms with E-state index in [1.54, 1.807) is 0 Å². The number of hydrogen-bond acceptors (Lipinski definition) is 3. The van der Waals surface area contributed by atoms with E-state index in [9.17, 15) is 4.79 Å². The van der Waals surface area contributed by atoms with Gasteiger partial charge in [-0.15, -0.1) is 0 Å².